The summed E-state index contributed by atoms with van der Waals surface area (Å²) in [4.78, 5) is 24.1. The van der Waals surface area contributed by atoms with Crippen LogP contribution in [0.5, 0.6) is 0 Å². The van der Waals surface area contributed by atoms with Gasteiger partial charge in [0.2, 0.25) is 0 Å². The number of nitrogens with one attached hydrogen (secondary N) is 2. The SMILES string of the molecule is C1CCN(CCCN2CCCCC2)CC1.C1CNCCN1.CCC(=O)O.CCC(=O)O. The molecule has 0 saturated carbocycles. The van der Waals surface area contributed by atoms with Crippen molar-refractivity contribution in [1.29, 1.82) is 0 Å². The highest BCUT2D eigenvalue weighted by molar-refractivity contribution is 5.66. The Bertz CT molecular complexity index is 378. The second-order valence-electron chi connectivity index (χ2n) is 8.15. The quantitative estimate of drug-likeness (QED) is 0.495. The van der Waals surface area contributed by atoms with Crippen molar-refractivity contribution in [3.8, 4) is 0 Å². The number of hydrogen-bond acceptors (Lipinski definition) is 6. The van der Waals surface area contributed by atoms with Crippen molar-refractivity contribution in [2.45, 2.75) is 71.6 Å². The Kier molecular flexibility index (Phi) is 21.1. The molecule has 3 rings (SSSR count). The molecule has 0 aromatic carbocycles. The van der Waals surface area contributed by atoms with Gasteiger partial charge >= 0.3 is 11.9 Å². The lowest BCUT2D eigenvalue weighted by Gasteiger charge is -2.29. The van der Waals surface area contributed by atoms with Gasteiger partial charge in [-0.05, 0) is 71.4 Å². The van der Waals surface area contributed by atoms with Crippen molar-refractivity contribution >= 4 is 11.9 Å². The van der Waals surface area contributed by atoms with Gasteiger partial charge in [0, 0.05) is 39.0 Å². The monoisotopic (exact) mass is 444 g/mol. The van der Waals surface area contributed by atoms with Crippen LogP contribution >= 0.6 is 0 Å². The summed E-state index contributed by atoms with van der Waals surface area (Å²) in [5.41, 5.74) is 0. The smallest absolute Gasteiger partial charge is 0.303 e. The molecule has 3 fully saturated rings. The molecule has 3 aliphatic heterocycles. The summed E-state index contributed by atoms with van der Waals surface area (Å²) in [6.07, 6.45) is 10.5. The maximum absolute atomic E-state index is 9.37. The van der Waals surface area contributed by atoms with Gasteiger partial charge < -0.3 is 30.6 Å². The summed E-state index contributed by atoms with van der Waals surface area (Å²) in [7, 11) is 0. The predicted octanol–water partition coefficient (Wildman–Crippen LogP) is 2.49. The van der Waals surface area contributed by atoms with E-state index in [4.69, 9.17) is 10.2 Å². The minimum Gasteiger partial charge on any atom is -0.481 e. The van der Waals surface area contributed by atoms with Crippen LogP contribution in [-0.4, -0.2) is 97.4 Å². The number of piperidine rings is 2. The van der Waals surface area contributed by atoms with E-state index in [9.17, 15) is 9.59 Å². The molecule has 8 nitrogen and oxygen atoms in total. The number of hydrogen-bond donors (Lipinski definition) is 4. The number of likely N-dealkylation sites (tertiary alicyclic amines) is 2. The van der Waals surface area contributed by atoms with Crippen molar-refractivity contribution in [1.82, 2.24) is 20.4 Å². The third-order valence-corrected chi connectivity index (χ3v) is 5.41. The highest BCUT2D eigenvalue weighted by Gasteiger charge is 2.12. The molecular formula is C23H48N4O4. The maximum Gasteiger partial charge on any atom is 0.303 e. The van der Waals surface area contributed by atoms with Crippen LogP contribution < -0.4 is 10.6 Å². The van der Waals surface area contributed by atoms with E-state index in [1.807, 2.05) is 0 Å². The molecule has 0 radical (unpaired) electrons. The van der Waals surface area contributed by atoms with Gasteiger partial charge in [0.15, 0.2) is 0 Å². The third-order valence-electron chi connectivity index (χ3n) is 5.41. The normalized spacial score (nSPS) is 19.4. The number of carbonyl (C=O) groups is 2. The Hall–Kier alpha value is -1.22. The molecule has 3 aliphatic rings. The zero-order valence-corrected chi connectivity index (χ0v) is 20.0. The van der Waals surface area contributed by atoms with Crippen LogP contribution in [0.1, 0.15) is 71.6 Å². The van der Waals surface area contributed by atoms with Crippen molar-refractivity contribution in [2.75, 3.05) is 65.4 Å². The number of carboxylic acid groups (broad SMARTS) is 2. The van der Waals surface area contributed by atoms with E-state index in [1.54, 1.807) is 13.8 Å². The highest BCUT2D eigenvalue weighted by Crippen LogP contribution is 2.11. The number of aliphatic carboxylic acids is 2. The van der Waals surface area contributed by atoms with Crippen molar-refractivity contribution < 1.29 is 19.8 Å². The molecule has 0 aromatic rings. The van der Waals surface area contributed by atoms with Crippen molar-refractivity contribution in [2.24, 2.45) is 0 Å². The van der Waals surface area contributed by atoms with Crippen LogP contribution in [0.3, 0.4) is 0 Å². The van der Waals surface area contributed by atoms with E-state index in [-0.39, 0.29) is 12.8 Å². The third kappa shape index (κ3) is 21.8. The Balaban J connectivity index is 0.000000464. The van der Waals surface area contributed by atoms with Gasteiger partial charge in [-0.3, -0.25) is 9.59 Å². The van der Waals surface area contributed by atoms with Crippen LogP contribution in [0, 0.1) is 0 Å². The first-order valence-electron chi connectivity index (χ1n) is 12.3. The van der Waals surface area contributed by atoms with Gasteiger partial charge in [-0.1, -0.05) is 26.7 Å². The van der Waals surface area contributed by atoms with E-state index < -0.39 is 11.9 Å². The molecule has 31 heavy (non-hydrogen) atoms. The van der Waals surface area contributed by atoms with Crippen molar-refractivity contribution in [3.05, 3.63) is 0 Å². The molecule has 4 N–H and O–H groups in total. The zero-order chi connectivity index (χ0) is 23.2. The molecule has 0 unspecified atom stereocenters. The van der Waals surface area contributed by atoms with E-state index in [1.165, 1.54) is 84.2 Å². The molecule has 8 heteroatoms. The Labute approximate surface area is 189 Å². The summed E-state index contributed by atoms with van der Waals surface area (Å²) in [6.45, 7) is 15.9. The molecular weight excluding hydrogens is 396 g/mol. The van der Waals surface area contributed by atoms with Crippen LogP contribution in [0.25, 0.3) is 0 Å². The standard InChI is InChI=1S/C13H26N2.C4H10N2.2C3H6O2/c1-3-8-14(9-4-1)12-7-13-15-10-5-2-6-11-15;1-2-6-4-3-5-1;2*1-2-3(4)5/h1-13H2;5-6H,1-4H2;2*2H2,1H3,(H,4,5). The fourth-order valence-electron chi connectivity index (χ4n) is 3.49. The summed E-state index contributed by atoms with van der Waals surface area (Å²) in [6, 6.07) is 0. The summed E-state index contributed by atoms with van der Waals surface area (Å²) in [5, 5.41) is 21.9. The Morgan fingerprint density at radius 3 is 1.16 bits per heavy atom. The van der Waals surface area contributed by atoms with Gasteiger partial charge in [0.1, 0.15) is 0 Å². The predicted molar refractivity (Wildman–Crippen MR) is 127 cm³/mol. The van der Waals surface area contributed by atoms with Crippen molar-refractivity contribution in [3.63, 3.8) is 0 Å². The fourth-order valence-corrected chi connectivity index (χ4v) is 3.49. The first-order chi connectivity index (χ1) is 15.0. The molecule has 0 bridgehead atoms. The molecule has 0 aromatic heterocycles. The van der Waals surface area contributed by atoms with Gasteiger partial charge in [0.25, 0.3) is 0 Å². The van der Waals surface area contributed by atoms with E-state index in [0.717, 1.165) is 26.2 Å². The highest BCUT2D eigenvalue weighted by atomic mass is 16.4. The van der Waals surface area contributed by atoms with Gasteiger partial charge in [0.05, 0.1) is 0 Å². The molecule has 184 valence electrons. The summed E-state index contributed by atoms with van der Waals surface area (Å²) >= 11 is 0. The molecule has 0 atom stereocenters. The largest absolute Gasteiger partial charge is 0.481 e. The second-order valence-corrected chi connectivity index (χ2v) is 8.15. The number of carboxylic acids is 2. The topological polar surface area (TPSA) is 105 Å². The molecule has 0 amide bonds. The minimum absolute atomic E-state index is 0.222. The molecule has 3 saturated heterocycles. The number of rotatable bonds is 6. The van der Waals surface area contributed by atoms with E-state index >= 15 is 0 Å². The number of piperazine rings is 1. The lowest BCUT2D eigenvalue weighted by atomic mass is 10.1. The number of nitrogens with zero attached hydrogens (tertiary/aromatic N) is 2. The summed E-state index contributed by atoms with van der Waals surface area (Å²) < 4.78 is 0. The summed E-state index contributed by atoms with van der Waals surface area (Å²) in [5.74, 6) is -1.49. The van der Waals surface area contributed by atoms with Crippen LogP contribution in [0.15, 0.2) is 0 Å². The maximum atomic E-state index is 9.37. The lowest BCUT2D eigenvalue weighted by molar-refractivity contribution is -0.137. The van der Waals surface area contributed by atoms with Gasteiger partial charge in [-0.15, -0.1) is 0 Å². The fraction of sp³-hybridized carbons (Fsp3) is 0.913. The average molecular weight is 445 g/mol. The zero-order valence-electron chi connectivity index (χ0n) is 20.0. The van der Waals surface area contributed by atoms with Gasteiger partial charge in [-0.25, -0.2) is 0 Å². The lowest BCUT2D eigenvalue weighted by Crippen LogP contribution is -2.39. The van der Waals surface area contributed by atoms with Gasteiger partial charge in [-0.2, -0.15) is 0 Å². The molecule has 3 heterocycles. The van der Waals surface area contributed by atoms with Crippen LogP contribution in [0.4, 0.5) is 0 Å². The first-order valence-corrected chi connectivity index (χ1v) is 12.3. The molecule has 0 spiro atoms. The molecule has 0 aliphatic carbocycles. The van der Waals surface area contributed by atoms with Crippen LogP contribution in [-0.2, 0) is 9.59 Å². The van der Waals surface area contributed by atoms with E-state index in [2.05, 4.69) is 20.4 Å². The van der Waals surface area contributed by atoms with E-state index in [0.29, 0.717) is 0 Å². The second kappa shape index (κ2) is 22.0. The van der Waals surface area contributed by atoms with Crippen LogP contribution in [0.2, 0.25) is 0 Å². The Morgan fingerprint density at radius 1 is 0.645 bits per heavy atom. The first kappa shape index (κ1) is 29.8. The Morgan fingerprint density at radius 2 is 0.935 bits per heavy atom. The minimum atomic E-state index is -0.745. The average Bonchev–Trinajstić information content (AvgIpc) is 2.83.